The van der Waals surface area contributed by atoms with Gasteiger partial charge in [-0.05, 0) is 31.9 Å². The first-order valence-corrected chi connectivity index (χ1v) is 6.80. The number of likely N-dealkylation sites (N-methyl/N-ethyl adjacent to an activating group) is 1. The first kappa shape index (κ1) is 11.9. The molecule has 1 fully saturated rings. The van der Waals surface area contributed by atoms with Gasteiger partial charge in [-0.2, -0.15) is 0 Å². The SMILES string of the molecule is CN1CCN(c2nc(CN)c3c(n2)CCC3)CC1. The van der Waals surface area contributed by atoms with Crippen LogP contribution in [0.2, 0.25) is 0 Å². The van der Waals surface area contributed by atoms with E-state index in [0.29, 0.717) is 6.54 Å². The van der Waals surface area contributed by atoms with Crippen molar-refractivity contribution in [3.63, 3.8) is 0 Å². The van der Waals surface area contributed by atoms with Gasteiger partial charge in [0.25, 0.3) is 0 Å². The zero-order chi connectivity index (χ0) is 12.5. The number of fused-ring (bicyclic) bond motifs is 1. The van der Waals surface area contributed by atoms with Crippen LogP contribution >= 0.6 is 0 Å². The van der Waals surface area contributed by atoms with Gasteiger partial charge in [-0.15, -0.1) is 0 Å². The van der Waals surface area contributed by atoms with Gasteiger partial charge in [0.2, 0.25) is 5.95 Å². The van der Waals surface area contributed by atoms with Crippen molar-refractivity contribution < 1.29 is 0 Å². The van der Waals surface area contributed by atoms with Crippen LogP contribution in [0.3, 0.4) is 0 Å². The summed E-state index contributed by atoms with van der Waals surface area (Å²) in [5.41, 5.74) is 9.44. The van der Waals surface area contributed by atoms with Gasteiger partial charge in [0, 0.05) is 38.4 Å². The highest BCUT2D eigenvalue weighted by atomic mass is 15.3. The van der Waals surface area contributed by atoms with Crippen molar-refractivity contribution in [3.8, 4) is 0 Å². The molecule has 1 aliphatic carbocycles. The molecule has 5 heteroatoms. The van der Waals surface area contributed by atoms with E-state index in [0.717, 1.165) is 50.7 Å². The van der Waals surface area contributed by atoms with Crippen molar-refractivity contribution in [2.45, 2.75) is 25.8 Å². The Morgan fingerprint density at radius 1 is 1.11 bits per heavy atom. The number of anilines is 1. The third-order valence-electron chi connectivity index (χ3n) is 3.99. The van der Waals surface area contributed by atoms with Gasteiger partial charge in [-0.1, -0.05) is 0 Å². The highest BCUT2D eigenvalue weighted by Crippen LogP contribution is 2.25. The van der Waals surface area contributed by atoms with E-state index in [9.17, 15) is 0 Å². The summed E-state index contributed by atoms with van der Waals surface area (Å²) < 4.78 is 0. The molecule has 5 nitrogen and oxygen atoms in total. The Morgan fingerprint density at radius 3 is 2.61 bits per heavy atom. The fraction of sp³-hybridized carbons (Fsp3) is 0.692. The predicted molar refractivity (Wildman–Crippen MR) is 71.7 cm³/mol. The zero-order valence-electron chi connectivity index (χ0n) is 11.0. The fourth-order valence-corrected chi connectivity index (χ4v) is 2.81. The minimum absolute atomic E-state index is 0.533. The van der Waals surface area contributed by atoms with E-state index >= 15 is 0 Å². The molecule has 3 rings (SSSR count). The van der Waals surface area contributed by atoms with Crippen LogP contribution in [0.5, 0.6) is 0 Å². The summed E-state index contributed by atoms with van der Waals surface area (Å²) in [5.74, 6) is 0.893. The standard InChI is InChI=1S/C13H21N5/c1-17-5-7-18(8-6-17)13-15-11-4-2-3-10(11)12(9-14)16-13/h2-9,14H2,1H3. The average Bonchev–Trinajstić information content (AvgIpc) is 2.86. The number of rotatable bonds is 2. The summed E-state index contributed by atoms with van der Waals surface area (Å²) in [6.45, 7) is 4.72. The second-order valence-electron chi connectivity index (χ2n) is 5.24. The van der Waals surface area contributed by atoms with Crippen LogP contribution in [0.25, 0.3) is 0 Å². The minimum atomic E-state index is 0.533. The lowest BCUT2D eigenvalue weighted by atomic mass is 10.2. The summed E-state index contributed by atoms with van der Waals surface area (Å²) in [6, 6.07) is 0. The Balaban J connectivity index is 1.88. The van der Waals surface area contributed by atoms with Crippen LogP contribution in [0.4, 0.5) is 5.95 Å². The first-order valence-electron chi connectivity index (χ1n) is 6.80. The Labute approximate surface area is 108 Å². The number of hydrogen-bond donors (Lipinski definition) is 1. The lowest BCUT2D eigenvalue weighted by Crippen LogP contribution is -2.45. The number of piperazine rings is 1. The van der Waals surface area contributed by atoms with Crippen molar-refractivity contribution in [3.05, 3.63) is 17.0 Å². The third kappa shape index (κ3) is 2.08. The lowest BCUT2D eigenvalue weighted by molar-refractivity contribution is 0.311. The van der Waals surface area contributed by atoms with E-state index in [1.54, 1.807) is 0 Å². The molecular formula is C13H21N5. The summed E-state index contributed by atoms with van der Waals surface area (Å²) >= 11 is 0. The van der Waals surface area contributed by atoms with Crippen LogP contribution < -0.4 is 10.6 Å². The predicted octanol–water partition coefficient (Wildman–Crippen LogP) is 0.176. The van der Waals surface area contributed by atoms with Gasteiger partial charge in [0.05, 0.1) is 5.69 Å². The summed E-state index contributed by atoms with van der Waals surface area (Å²) in [6.07, 6.45) is 3.39. The summed E-state index contributed by atoms with van der Waals surface area (Å²) in [5, 5.41) is 0. The molecule has 98 valence electrons. The van der Waals surface area contributed by atoms with Gasteiger partial charge in [0.15, 0.2) is 0 Å². The molecule has 1 aromatic heterocycles. The zero-order valence-corrected chi connectivity index (χ0v) is 11.0. The molecule has 1 saturated heterocycles. The van der Waals surface area contributed by atoms with E-state index in [1.807, 2.05) is 0 Å². The monoisotopic (exact) mass is 247 g/mol. The Hall–Kier alpha value is -1.20. The van der Waals surface area contributed by atoms with Crippen LogP contribution in [-0.4, -0.2) is 48.1 Å². The van der Waals surface area contributed by atoms with Gasteiger partial charge >= 0.3 is 0 Å². The normalized spacial score (nSPS) is 20.2. The highest BCUT2D eigenvalue weighted by molar-refractivity contribution is 5.39. The third-order valence-corrected chi connectivity index (χ3v) is 3.99. The number of nitrogens with two attached hydrogens (primary N) is 1. The number of hydrogen-bond acceptors (Lipinski definition) is 5. The van der Waals surface area contributed by atoms with Crippen LogP contribution in [0, 0.1) is 0 Å². The molecule has 0 amide bonds. The molecule has 0 bridgehead atoms. The van der Waals surface area contributed by atoms with Gasteiger partial charge in [0.1, 0.15) is 0 Å². The smallest absolute Gasteiger partial charge is 0.225 e. The molecule has 2 heterocycles. The second-order valence-corrected chi connectivity index (χ2v) is 5.24. The molecule has 1 aromatic rings. The highest BCUT2D eigenvalue weighted by Gasteiger charge is 2.22. The number of aryl methyl sites for hydroxylation is 1. The molecule has 0 unspecified atom stereocenters. The maximum Gasteiger partial charge on any atom is 0.225 e. The van der Waals surface area contributed by atoms with Gasteiger partial charge in [-0.3, -0.25) is 0 Å². The van der Waals surface area contributed by atoms with Crippen molar-refractivity contribution in [1.82, 2.24) is 14.9 Å². The van der Waals surface area contributed by atoms with Crippen molar-refractivity contribution >= 4 is 5.95 Å². The van der Waals surface area contributed by atoms with E-state index in [-0.39, 0.29) is 0 Å². The molecule has 2 N–H and O–H groups in total. The maximum atomic E-state index is 5.83. The lowest BCUT2D eigenvalue weighted by Gasteiger charge is -2.32. The summed E-state index contributed by atoms with van der Waals surface area (Å²) in [7, 11) is 2.16. The Morgan fingerprint density at radius 2 is 1.89 bits per heavy atom. The molecule has 18 heavy (non-hydrogen) atoms. The van der Waals surface area contributed by atoms with Gasteiger partial charge < -0.3 is 15.5 Å². The molecule has 0 aromatic carbocycles. The van der Waals surface area contributed by atoms with E-state index in [4.69, 9.17) is 10.7 Å². The average molecular weight is 247 g/mol. The number of nitrogens with zero attached hydrogens (tertiary/aromatic N) is 4. The van der Waals surface area contributed by atoms with Gasteiger partial charge in [-0.25, -0.2) is 9.97 Å². The molecule has 0 radical (unpaired) electrons. The molecule has 0 spiro atoms. The van der Waals surface area contributed by atoms with Crippen LogP contribution in [0.1, 0.15) is 23.4 Å². The second kappa shape index (κ2) is 4.82. The molecular weight excluding hydrogens is 226 g/mol. The van der Waals surface area contributed by atoms with Crippen molar-refractivity contribution in [2.75, 3.05) is 38.1 Å². The summed E-state index contributed by atoms with van der Waals surface area (Å²) in [4.78, 5) is 14.1. The molecule has 0 saturated carbocycles. The Kier molecular flexibility index (Phi) is 3.18. The van der Waals surface area contributed by atoms with E-state index < -0.39 is 0 Å². The van der Waals surface area contributed by atoms with Crippen LogP contribution in [0.15, 0.2) is 0 Å². The quantitative estimate of drug-likeness (QED) is 0.807. The Bertz CT molecular complexity index is 437. The largest absolute Gasteiger partial charge is 0.338 e. The van der Waals surface area contributed by atoms with Crippen LogP contribution in [-0.2, 0) is 19.4 Å². The van der Waals surface area contributed by atoms with E-state index in [2.05, 4.69) is 21.8 Å². The molecule has 1 aliphatic heterocycles. The minimum Gasteiger partial charge on any atom is -0.338 e. The first-order chi connectivity index (χ1) is 8.78. The van der Waals surface area contributed by atoms with Crippen molar-refractivity contribution in [2.24, 2.45) is 5.73 Å². The molecule has 2 aliphatic rings. The van der Waals surface area contributed by atoms with E-state index in [1.165, 1.54) is 17.7 Å². The maximum absolute atomic E-state index is 5.83. The van der Waals surface area contributed by atoms with Crippen molar-refractivity contribution in [1.29, 1.82) is 0 Å². The fourth-order valence-electron chi connectivity index (χ4n) is 2.81. The topological polar surface area (TPSA) is 58.3 Å². The molecule has 0 atom stereocenters. The number of aromatic nitrogens is 2.